The van der Waals surface area contributed by atoms with Crippen LogP contribution in [0.2, 0.25) is 5.02 Å². The zero-order chi connectivity index (χ0) is 30.0. The van der Waals surface area contributed by atoms with Crippen molar-refractivity contribution < 1.29 is 18.0 Å². The Morgan fingerprint density at radius 1 is 0.905 bits per heavy atom. The molecule has 1 amide bonds. The number of halogens is 2. The van der Waals surface area contributed by atoms with E-state index in [-0.39, 0.29) is 28.4 Å². The third-order valence-corrected chi connectivity index (χ3v) is 9.73. The molecule has 0 saturated heterocycles. The fraction of sp³-hybridized carbons (Fsp3) is 0.125. The second-order valence-corrected chi connectivity index (χ2v) is 13.1. The van der Waals surface area contributed by atoms with Crippen LogP contribution in [0.4, 0.5) is 0 Å². The number of nitrogens with two attached hydrogens (primary N) is 1. The van der Waals surface area contributed by atoms with E-state index in [0.29, 0.717) is 10.6 Å². The average Bonchev–Trinajstić information content (AvgIpc) is 3.31. The summed E-state index contributed by atoms with van der Waals surface area (Å²) in [6.45, 7) is 2.00. The number of benzene rings is 4. The summed E-state index contributed by atoms with van der Waals surface area (Å²) in [6.07, 6.45) is 0. The van der Waals surface area contributed by atoms with Gasteiger partial charge in [-0.15, -0.1) is 0 Å². The van der Waals surface area contributed by atoms with Gasteiger partial charge in [0.2, 0.25) is 0 Å². The first-order chi connectivity index (χ1) is 20.1. The second kappa shape index (κ2) is 12.1. The number of carbonyl (C=O) groups is 2. The molecule has 1 heterocycles. The van der Waals surface area contributed by atoms with Gasteiger partial charge in [-0.1, -0.05) is 99.8 Å². The maximum atomic E-state index is 14.2. The highest BCUT2D eigenvalue weighted by atomic mass is 79.9. The zero-order valence-electron chi connectivity index (χ0n) is 22.5. The van der Waals surface area contributed by atoms with Crippen molar-refractivity contribution >= 4 is 49.2 Å². The second-order valence-electron chi connectivity index (χ2n) is 9.93. The van der Waals surface area contributed by atoms with Crippen LogP contribution in [0.1, 0.15) is 33.0 Å². The number of carbonyl (C=O) groups excluding carboxylic acids is 2. The Balaban J connectivity index is 1.67. The topological polar surface area (TPSA) is 110 Å². The van der Waals surface area contributed by atoms with Crippen molar-refractivity contribution in [3.63, 3.8) is 0 Å². The van der Waals surface area contributed by atoms with Crippen LogP contribution in [0.15, 0.2) is 124 Å². The van der Waals surface area contributed by atoms with Crippen molar-refractivity contribution in [1.82, 2.24) is 9.62 Å². The van der Waals surface area contributed by atoms with E-state index < -0.39 is 33.7 Å². The minimum atomic E-state index is -4.38. The molecule has 4 aromatic rings. The van der Waals surface area contributed by atoms with Gasteiger partial charge >= 0.3 is 0 Å². The lowest BCUT2D eigenvalue weighted by atomic mass is 9.83. The van der Waals surface area contributed by atoms with E-state index in [1.807, 2.05) is 31.2 Å². The predicted molar refractivity (Wildman–Crippen MR) is 166 cm³/mol. The normalized spacial score (nSPS) is 16.9. The van der Waals surface area contributed by atoms with Gasteiger partial charge in [-0.25, -0.2) is 12.7 Å². The zero-order valence-corrected chi connectivity index (χ0v) is 25.7. The molecule has 1 aliphatic heterocycles. The lowest BCUT2D eigenvalue weighted by Gasteiger charge is -2.30. The van der Waals surface area contributed by atoms with Crippen LogP contribution in [0.5, 0.6) is 0 Å². The van der Waals surface area contributed by atoms with Crippen molar-refractivity contribution in [3.05, 3.63) is 146 Å². The van der Waals surface area contributed by atoms with E-state index in [9.17, 15) is 18.0 Å². The van der Waals surface area contributed by atoms with Gasteiger partial charge in [0.25, 0.3) is 15.9 Å². The van der Waals surface area contributed by atoms with Crippen LogP contribution in [-0.2, 0) is 21.4 Å². The SMILES string of the molecule is Cc1ccc(S(=O)(=O)N2C(N)=C(C(=O)NCc3ccc(Br)cc3)C(c3ccc(Cl)cc3)C2C(=O)c2ccccc2)cc1. The summed E-state index contributed by atoms with van der Waals surface area (Å²) in [7, 11) is -4.38. The molecule has 0 saturated carbocycles. The van der Waals surface area contributed by atoms with Crippen molar-refractivity contribution in [2.45, 2.75) is 30.3 Å². The van der Waals surface area contributed by atoms with Crippen molar-refractivity contribution in [1.29, 1.82) is 0 Å². The van der Waals surface area contributed by atoms with Crippen LogP contribution in [0.25, 0.3) is 0 Å². The van der Waals surface area contributed by atoms with Gasteiger partial charge in [0.1, 0.15) is 11.9 Å². The van der Waals surface area contributed by atoms with Crippen LogP contribution in [0.3, 0.4) is 0 Å². The van der Waals surface area contributed by atoms with E-state index in [1.54, 1.807) is 66.7 Å². The number of Topliss-reactive ketones (excluding diaryl/α,β-unsaturated/α-hetero) is 1. The molecule has 2 unspecified atom stereocenters. The first-order valence-corrected chi connectivity index (χ1v) is 15.7. The highest BCUT2D eigenvalue weighted by Crippen LogP contribution is 2.44. The van der Waals surface area contributed by atoms with Crippen LogP contribution in [-0.4, -0.2) is 30.5 Å². The number of rotatable bonds is 8. The first-order valence-electron chi connectivity index (χ1n) is 13.1. The molecule has 7 nitrogen and oxygen atoms in total. The number of ketones is 1. The van der Waals surface area contributed by atoms with Gasteiger partial charge in [-0.2, -0.15) is 0 Å². The highest BCUT2D eigenvalue weighted by Gasteiger charge is 2.52. The minimum Gasteiger partial charge on any atom is -0.384 e. The summed E-state index contributed by atoms with van der Waals surface area (Å²) in [6, 6.07) is 27.3. The number of nitrogens with one attached hydrogen (secondary N) is 1. The van der Waals surface area contributed by atoms with E-state index >= 15 is 0 Å². The number of hydrogen-bond acceptors (Lipinski definition) is 5. The Morgan fingerprint density at radius 3 is 2.14 bits per heavy atom. The molecule has 0 bridgehead atoms. The predicted octanol–water partition coefficient (Wildman–Crippen LogP) is 5.94. The fourth-order valence-electron chi connectivity index (χ4n) is 5.01. The van der Waals surface area contributed by atoms with E-state index in [0.717, 1.165) is 19.9 Å². The Labute approximate surface area is 258 Å². The summed E-state index contributed by atoms with van der Waals surface area (Å²) in [5.41, 5.74) is 9.09. The monoisotopic (exact) mass is 663 g/mol. The van der Waals surface area contributed by atoms with Gasteiger partial charge in [-0.05, 0) is 54.4 Å². The Kier molecular flexibility index (Phi) is 8.54. The third-order valence-electron chi connectivity index (χ3n) is 7.14. The summed E-state index contributed by atoms with van der Waals surface area (Å²) < 4.78 is 30.2. The average molecular weight is 665 g/mol. The lowest BCUT2D eigenvalue weighted by molar-refractivity contribution is -0.117. The van der Waals surface area contributed by atoms with Crippen molar-refractivity contribution in [3.8, 4) is 0 Å². The molecule has 2 atom stereocenters. The quantitative estimate of drug-likeness (QED) is 0.227. The van der Waals surface area contributed by atoms with Gasteiger partial charge in [0.15, 0.2) is 5.78 Å². The molecule has 42 heavy (non-hydrogen) atoms. The number of sulfonamides is 1. The van der Waals surface area contributed by atoms with Crippen LogP contribution >= 0.6 is 27.5 Å². The summed E-state index contributed by atoms with van der Waals surface area (Å²) >= 11 is 9.57. The molecule has 0 aliphatic carbocycles. The molecule has 1 aliphatic rings. The largest absolute Gasteiger partial charge is 0.384 e. The Bertz CT molecular complexity index is 1760. The van der Waals surface area contributed by atoms with Crippen LogP contribution < -0.4 is 11.1 Å². The Morgan fingerprint density at radius 2 is 1.52 bits per heavy atom. The molecule has 0 spiro atoms. The standard InChI is InChI=1S/C32H27BrClN3O4S/c1-20-7-17-26(18-8-20)42(40,41)37-29(30(38)23-5-3-2-4-6-23)27(22-11-15-25(34)16-12-22)28(31(37)35)32(39)36-19-21-9-13-24(33)14-10-21/h2-18,27,29H,19,35H2,1H3,(H,36,39). The molecule has 3 N–H and O–H groups in total. The molecule has 0 radical (unpaired) electrons. The first kappa shape index (κ1) is 29.6. The smallest absolute Gasteiger partial charge is 0.266 e. The molecule has 214 valence electrons. The molecular formula is C32H27BrClN3O4S. The fourth-order valence-corrected chi connectivity index (χ4v) is 6.98. The molecule has 5 rings (SSSR count). The van der Waals surface area contributed by atoms with E-state index in [2.05, 4.69) is 21.2 Å². The molecular weight excluding hydrogens is 638 g/mol. The molecule has 0 fully saturated rings. The highest BCUT2D eigenvalue weighted by molar-refractivity contribution is 9.10. The maximum Gasteiger partial charge on any atom is 0.266 e. The van der Waals surface area contributed by atoms with Gasteiger partial charge in [0.05, 0.1) is 10.5 Å². The van der Waals surface area contributed by atoms with Gasteiger partial charge < -0.3 is 11.1 Å². The number of nitrogens with zero attached hydrogens (tertiary/aromatic N) is 1. The maximum absolute atomic E-state index is 14.2. The molecule has 4 aromatic carbocycles. The lowest BCUT2D eigenvalue weighted by Crippen LogP contribution is -2.45. The summed E-state index contributed by atoms with van der Waals surface area (Å²) in [4.78, 5) is 28.1. The Hall–Kier alpha value is -3.92. The van der Waals surface area contributed by atoms with Crippen molar-refractivity contribution in [2.24, 2.45) is 5.73 Å². The van der Waals surface area contributed by atoms with Crippen molar-refractivity contribution in [2.75, 3.05) is 0 Å². The summed E-state index contributed by atoms with van der Waals surface area (Å²) in [5.74, 6) is -2.40. The van der Waals surface area contributed by atoms with E-state index in [4.69, 9.17) is 17.3 Å². The molecule has 10 heteroatoms. The summed E-state index contributed by atoms with van der Waals surface area (Å²) in [5, 5.41) is 3.32. The number of aryl methyl sites for hydroxylation is 1. The van der Waals surface area contributed by atoms with Gasteiger partial charge in [-0.3, -0.25) is 9.59 Å². The van der Waals surface area contributed by atoms with Crippen LogP contribution in [0, 0.1) is 6.92 Å². The third kappa shape index (κ3) is 5.86. The van der Waals surface area contributed by atoms with E-state index in [1.165, 1.54) is 12.1 Å². The minimum absolute atomic E-state index is 0.0144. The number of hydrogen-bond donors (Lipinski definition) is 2. The number of amides is 1. The molecule has 0 aromatic heterocycles. The van der Waals surface area contributed by atoms with Gasteiger partial charge in [0, 0.05) is 27.5 Å².